The van der Waals surface area contributed by atoms with Crippen molar-refractivity contribution in [3.63, 3.8) is 0 Å². The second-order valence-electron chi connectivity index (χ2n) is 5.17. The van der Waals surface area contributed by atoms with Crippen LogP contribution in [0.5, 0.6) is 0 Å². The van der Waals surface area contributed by atoms with Crippen LogP contribution in [0.4, 0.5) is 0 Å². The predicted molar refractivity (Wildman–Crippen MR) is 88.0 cm³/mol. The normalized spacial score (nSPS) is 16.6. The molecule has 1 unspecified atom stereocenters. The van der Waals surface area contributed by atoms with E-state index in [4.69, 9.17) is 0 Å². The summed E-state index contributed by atoms with van der Waals surface area (Å²) in [5.74, 6) is 0.617. The van der Waals surface area contributed by atoms with Crippen molar-refractivity contribution in [2.24, 2.45) is 0 Å². The molecule has 0 nitrogen and oxygen atoms in total. The molecule has 1 atom stereocenters. The van der Waals surface area contributed by atoms with Crippen LogP contribution in [0.3, 0.4) is 0 Å². The molecular weight excluding hydrogens is 228 g/mol. The van der Waals surface area contributed by atoms with Crippen molar-refractivity contribution < 1.29 is 0 Å². The van der Waals surface area contributed by atoms with Gasteiger partial charge in [-0.25, -0.2) is 0 Å². The Morgan fingerprint density at radius 2 is 1.53 bits per heavy atom. The van der Waals surface area contributed by atoms with E-state index in [1.807, 2.05) is 13.8 Å². The lowest BCUT2D eigenvalue weighted by molar-refractivity contribution is 0.898. The van der Waals surface area contributed by atoms with Crippen molar-refractivity contribution in [1.29, 1.82) is 0 Å². The first-order valence-corrected chi connectivity index (χ1v) is 7.99. The number of rotatable bonds is 3. The van der Waals surface area contributed by atoms with Crippen LogP contribution in [-0.2, 0) is 19.3 Å². The van der Waals surface area contributed by atoms with Crippen LogP contribution in [0, 0.1) is 0 Å². The lowest BCUT2D eigenvalue weighted by Crippen LogP contribution is -2.04. The summed E-state index contributed by atoms with van der Waals surface area (Å²) in [5, 5.41) is 0. The average Bonchev–Trinajstić information content (AvgIpc) is 2.74. The maximum Gasteiger partial charge on any atom is 0.00265 e. The zero-order valence-electron chi connectivity index (χ0n) is 13.9. The van der Waals surface area contributed by atoms with Crippen molar-refractivity contribution in [2.45, 2.75) is 73.6 Å². The third-order valence-corrected chi connectivity index (χ3v) is 4.33. The van der Waals surface area contributed by atoms with E-state index in [0.29, 0.717) is 5.92 Å². The van der Waals surface area contributed by atoms with Gasteiger partial charge in [-0.3, -0.25) is 0 Å². The molecule has 0 radical (unpaired) electrons. The minimum Gasteiger partial charge on any atom is -0.0683 e. The first-order valence-electron chi connectivity index (χ1n) is 7.99. The molecule has 2 rings (SSSR count). The molecule has 1 aliphatic carbocycles. The summed E-state index contributed by atoms with van der Waals surface area (Å²) in [6.07, 6.45) is 5.91. The second-order valence-corrected chi connectivity index (χ2v) is 5.17. The van der Waals surface area contributed by atoms with Gasteiger partial charge in [0.15, 0.2) is 0 Å². The van der Waals surface area contributed by atoms with E-state index in [0.717, 1.165) is 12.8 Å². The Bertz CT molecular complexity index is 463. The predicted octanol–water partition coefficient (Wildman–Crippen LogP) is 5.92. The Morgan fingerprint density at radius 3 is 2.00 bits per heavy atom. The fraction of sp³-hybridized carbons (Fsp3) is 0.579. The summed E-state index contributed by atoms with van der Waals surface area (Å²) in [5.41, 5.74) is 9.39. The molecule has 0 N–H and O–H groups in total. The third kappa shape index (κ3) is 2.78. The molecule has 1 aromatic rings. The monoisotopic (exact) mass is 258 g/mol. The van der Waals surface area contributed by atoms with Gasteiger partial charge < -0.3 is 0 Å². The van der Waals surface area contributed by atoms with Crippen LogP contribution >= 0.6 is 0 Å². The summed E-state index contributed by atoms with van der Waals surface area (Å²) >= 11 is 0. The Labute approximate surface area is 119 Å². The topological polar surface area (TPSA) is 0 Å². The Morgan fingerprint density at radius 1 is 0.947 bits per heavy atom. The van der Waals surface area contributed by atoms with Crippen LogP contribution in [-0.4, -0.2) is 0 Å². The van der Waals surface area contributed by atoms with E-state index in [1.54, 1.807) is 22.3 Å². The van der Waals surface area contributed by atoms with Crippen molar-refractivity contribution in [2.75, 3.05) is 0 Å². The summed E-state index contributed by atoms with van der Waals surface area (Å²) < 4.78 is 0. The van der Waals surface area contributed by atoms with Gasteiger partial charge in [0.05, 0.1) is 0 Å². The number of aryl methyl sites for hydroxylation is 1. The highest BCUT2D eigenvalue weighted by atomic mass is 14.3. The number of benzene rings is 1. The zero-order chi connectivity index (χ0) is 14.6. The molecule has 1 aromatic carbocycles. The Hall–Kier alpha value is -1.04. The van der Waals surface area contributed by atoms with E-state index >= 15 is 0 Å². The average molecular weight is 258 g/mol. The maximum atomic E-state index is 2.46. The smallest absolute Gasteiger partial charge is 0.00265 e. The van der Waals surface area contributed by atoms with Gasteiger partial charge >= 0.3 is 0 Å². The van der Waals surface area contributed by atoms with Gasteiger partial charge in [0.25, 0.3) is 0 Å². The molecule has 0 saturated heterocycles. The molecule has 0 fully saturated rings. The van der Waals surface area contributed by atoms with Gasteiger partial charge in [0, 0.05) is 5.92 Å². The van der Waals surface area contributed by atoms with E-state index < -0.39 is 0 Å². The van der Waals surface area contributed by atoms with Gasteiger partial charge in [0.2, 0.25) is 0 Å². The van der Waals surface area contributed by atoms with E-state index in [1.165, 1.54) is 17.6 Å². The molecule has 19 heavy (non-hydrogen) atoms. The number of allylic oxidation sites excluding steroid dienone is 1. The number of hydrogen-bond acceptors (Lipinski definition) is 0. The molecule has 0 heteroatoms. The zero-order valence-corrected chi connectivity index (χ0v) is 13.9. The van der Waals surface area contributed by atoms with Crippen LogP contribution < -0.4 is 0 Å². The SMILES string of the molecule is CC.CCc1cc2c(c(CC)c1CC)C=C(C)C2C. The largest absolute Gasteiger partial charge is 0.0683 e. The highest BCUT2D eigenvalue weighted by Crippen LogP contribution is 2.40. The number of fused-ring (bicyclic) bond motifs is 1. The van der Waals surface area contributed by atoms with Crippen LogP contribution in [0.1, 0.15) is 82.2 Å². The molecular formula is C19H30. The first-order chi connectivity index (χ1) is 9.13. The van der Waals surface area contributed by atoms with Gasteiger partial charge in [-0.05, 0) is 54.0 Å². The quantitative estimate of drug-likeness (QED) is 0.631. The van der Waals surface area contributed by atoms with E-state index in [-0.39, 0.29) is 0 Å². The van der Waals surface area contributed by atoms with Crippen LogP contribution in [0.15, 0.2) is 11.6 Å². The van der Waals surface area contributed by atoms with Crippen LogP contribution in [0.25, 0.3) is 6.08 Å². The van der Waals surface area contributed by atoms with Gasteiger partial charge in [-0.1, -0.05) is 59.3 Å². The van der Waals surface area contributed by atoms with Gasteiger partial charge in [0.1, 0.15) is 0 Å². The summed E-state index contributed by atoms with van der Waals surface area (Å²) in [6.45, 7) is 15.5. The lowest BCUT2D eigenvalue weighted by atomic mass is 9.87. The van der Waals surface area contributed by atoms with Gasteiger partial charge in [-0.15, -0.1) is 0 Å². The standard InChI is InChI=1S/C17H24.C2H6/c1-6-13-10-16-12(5)11(4)9-17(16)15(8-3)14(13)7-2;1-2/h9-10,12H,6-8H2,1-5H3;1-2H3. The Balaban J connectivity index is 0.000000861. The minimum absolute atomic E-state index is 0.617. The fourth-order valence-corrected chi connectivity index (χ4v) is 3.17. The van der Waals surface area contributed by atoms with Crippen molar-refractivity contribution in [3.8, 4) is 0 Å². The molecule has 0 bridgehead atoms. The fourth-order valence-electron chi connectivity index (χ4n) is 3.17. The summed E-state index contributed by atoms with van der Waals surface area (Å²) in [4.78, 5) is 0. The van der Waals surface area contributed by atoms with Gasteiger partial charge in [-0.2, -0.15) is 0 Å². The Kier molecular flexibility index (Phi) is 5.85. The molecule has 0 heterocycles. The van der Waals surface area contributed by atoms with Crippen molar-refractivity contribution in [3.05, 3.63) is 39.5 Å². The summed E-state index contributed by atoms with van der Waals surface area (Å²) in [7, 11) is 0. The first kappa shape index (κ1) is 16.0. The van der Waals surface area contributed by atoms with Crippen molar-refractivity contribution in [1.82, 2.24) is 0 Å². The molecule has 0 aliphatic heterocycles. The lowest BCUT2D eigenvalue weighted by Gasteiger charge is -2.18. The number of hydrogen-bond donors (Lipinski definition) is 0. The van der Waals surface area contributed by atoms with E-state index in [9.17, 15) is 0 Å². The van der Waals surface area contributed by atoms with Crippen molar-refractivity contribution >= 4 is 6.08 Å². The minimum atomic E-state index is 0.617. The van der Waals surface area contributed by atoms with E-state index in [2.05, 4.69) is 46.8 Å². The highest BCUT2D eigenvalue weighted by Gasteiger charge is 2.23. The molecule has 0 saturated carbocycles. The molecule has 106 valence electrons. The molecule has 0 aromatic heterocycles. The molecule has 0 spiro atoms. The molecule has 1 aliphatic rings. The highest BCUT2D eigenvalue weighted by molar-refractivity contribution is 5.71. The third-order valence-electron chi connectivity index (χ3n) is 4.33. The molecule has 0 amide bonds. The summed E-state index contributed by atoms with van der Waals surface area (Å²) in [6, 6.07) is 2.46. The second kappa shape index (κ2) is 6.93. The maximum absolute atomic E-state index is 2.46. The van der Waals surface area contributed by atoms with Crippen LogP contribution in [0.2, 0.25) is 0 Å².